The second-order valence-corrected chi connectivity index (χ2v) is 5.89. The summed E-state index contributed by atoms with van der Waals surface area (Å²) >= 11 is 0. The number of aryl methyl sites for hydroxylation is 1. The number of hydrogen-bond acceptors (Lipinski definition) is 5. The van der Waals surface area contributed by atoms with Gasteiger partial charge in [0.1, 0.15) is 11.5 Å². The zero-order valence-electron chi connectivity index (χ0n) is 15.8. The summed E-state index contributed by atoms with van der Waals surface area (Å²) in [5.74, 6) is 0.308. The number of benzene rings is 2. The molecule has 27 heavy (non-hydrogen) atoms. The van der Waals surface area contributed by atoms with Gasteiger partial charge < -0.3 is 14.8 Å². The fraction of sp³-hybridized carbons (Fsp3) is 0.250. The van der Waals surface area contributed by atoms with Crippen molar-refractivity contribution in [1.29, 1.82) is 0 Å². The van der Waals surface area contributed by atoms with Crippen LogP contribution in [-0.2, 0) is 4.79 Å². The molecular weight excluding hydrogens is 346 g/mol. The molecule has 0 aliphatic rings. The van der Waals surface area contributed by atoms with E-state index in [0.29, 0.717) is 22.8 Å². The number of carbonyl (C=O) groups is 2. The minimum Gasteiger partial charge on any atom is -0.497 e. The fourth-order valence-corrected chi connectivity index (χ4v) is 2.37. The third-order valence-electron chi connectivity index (χ3n) is 3.84. The lowest BCUT2D eigenvalue weighted by Gasteiger charge is -2.10. The Balaban J connectivity index is 1.97. The number of anilines is 1. The molecule has 0 atom stereocenters. The van der Waals surface area contributed by atoms with Crippen LogP contribution in [0.3, 0.4) is 0 Å². The van der Waals surface area contributed by atoms with E-state index in [1.54, 1.807) is 25.1 Å². The first kappa shape index (κ1) is 20.0. The van der Waals surface area contributed by atoms with Gasteiger partial charge in [0.2, 0.25) is 5.91 Å². The van der Waals surface area contributed by atoms with Gasteiger partial charge in [0.05, 0.1) is 26.2 Å². The molecule has 0 radical (unpaired) electrons. The number of hydrogen-bond donors (Lipinski definition) is 2. The van der Waals surface area contributed by atoms with Gasteiger partial charge in [-0.3, -0.25) is 9.59 Å². The molecule has 7 nitrogen and oxygen atoms in total. The van der Waals surface area contributed by atoms with Crippen LogP contribution >= 0.6 is 0 Å². The molecule has 0 bridgehead atoms. The van der Waals surface area contributed by atoms with Gasteiger partial charge in [0, 0.05) is 17.5 Å². The van der Waals surface area contributed by atoms with Gasteiger partial charge in [0.25, 0.3) is 5.91 Å². The maximum absolute atomic E-state index is 12.3. The van der Waals surface area contributed by atoms with E-state index in [0.717, 1.165) is 11.3 Å². The molecule has 0 fully saturated rings. The van der Waals surface area contributed by atoms with Crippen molar-refractivity contribution in [2.45, 2.75) is 20.3 Å². The standard InChI is InChI=1S/C20H23N3O4/c1-13-7-5-6-8-17(13)21-19(24)11-14(2)22-23-20(25)16-10-9-15(26-3)12-18(16)27-4/h5-10,12H,11H2,1-4H3,(H,21,24)(H,23,25)/b22-14+. The first-order chi connectivity index (χ1) is 12.9. The van der Waals surface area contributed by atoms with E-state index < -0.39 is 5.91 Å². The van der Waals surface area contributed by atoms with Crippen molar-refractivity contribution >= 4 is 23.2 Å². The summed E-state index contributed by atoms with van der Waals surface area (Å²) in [4.78, 5) is 24.4. The minimum absolute atomic E-state index is 0.0639. The number of nitrogens with zero attached hydrogens (tertiary/aromatic N) is 1. The van der Waals surface area contributed by atoms with Crippen LogP contribution in [0.2, 0.25) is 0 Å². The highest BCUT2D eigenvalue weighted by atomic mass is 16.5. The summed E-state index contributed by atoms with van der Waals surface area (Å²) in [6.07, 6.45) is 0.0639. The Morgan fingerprint density at radius 3 is 2.48 bits per heavy atom. The average Bonchev–Trinajstić information content (AvgIpc) is 2.67. The molecule has 7 heteroatoms. The lowest BCUT2D eigenvalue weighted by Crippen LogP contribution is -2.22. The van der Waals surface area contributed by atoms with Gasteiger partial charge in [-0.1, -0.05) is 18.2 Å². The summed E-state index contributed by atoms with van der Waals surface area (Å²) < 4.78 is 10.3. The highest BCUT2D eigenvalue weighted by Crippen LogP contribution is 2.24. The number of nitrogens with one attached hydrogen (secondary N) is 2. The third-order valence-corrected chi connectivity index (χ3v) is 3.84. The molecular formula is C20H23N3O4. The number of amides is 2. The van der Waals surface area contributed by atoms with Crippen molar-refractivity contribution in [3.8, 4) is 11.5 Å². The summed E-state index contributed by atoms with van der Waals surface area (Å²) in [6, 6.07) is 12.4. The van der Waals surface area contributed by atoms with Crippen molar-refractivity contribution in [1.82, 2.24) is 5.43 Å². The number of para-hydroxylation sites is 1. The van der Waals surface area contributed by atoms with Crippen LogP contribution in [0.15, 0.2) is 47.6 Å². The molecule has 0 aliphatic heterocycles. The maximum Gasteiger partial charge on any atom is 0.275 e. The van der Waals surface area contributed by atoms with Crippen LogP contribution in [0.4, 0.5) is 5.69 Å². The van der Waals surface area contributed by atoms with Gasteiger partial charge in [-0.15, -0.1) is 0 Å². The largest absolute Gasteiger partial charge is 0.497 e. The Kier molecular flexibility index (Phi) is 6.93. The van der Waals surface area contributed by atoms with Crippen molar-refractivity contribution in [3.05, 3.63) is 53.6 Å². The molecule has 0 aromatic heterocycles. The summed E-state index contributed by atoms with van der Waals surface area (Å²) in [6.45, 7) is 3.59. The summed E-state index contributed by atoms with van der Waals surface area (Å²) in [5, 5.41) is 6.82. The minimum atomic E-state index is -0.437. The predicted molar refractivity (Wildman–Crippen MR) is 105 cm³/mol. The highest BCUT2D eigenvalue weighted by Gasteiger charge is 2.13. The molecule has 2 aromatic rings. The Bertz CT molecular complexity index is 862. The van der Waals surface area contributed by atoms with Gasteiger partial charge in [-0.25, -0.2) is 5.43 Å². The second kappa shape index (κ2) is 9.38. The smallest absolute Gasteiger partial charge is 0.275 e. The molecule has 0 spiro atoms. The predicted octanol–water partition coefficient (Wildman–Crippen LogP) is 3.15. The van der Waals surface area contributed by atoms with Crippen LogP contribution in [0.5, 0.6) is 11.5 Å². The first-order valence-electron chi connectivity index (χ1n) is 8.35. The Morgan fingerprint density at radius 2 is 1.81 bits per heavy atom. The van der Waals surface area contributed by atoms with Crippen LogP contribution in [0.25, 0.3) is 0 Å². The Morgan fingerprint density at radius 1 is 1.07 bits per heavy atom. The van der Waals surface area contributed by atoms with Gasteiger partial charge in [0.15, 0.2) is 0 Å². The fourth-order valence-electron chi connectivity index (χ4n) is 2.37. The van der Waals surface area contributed by atoms with E-state index in [-0.39, 0.29) is 12.3 Å². The number of carbonyl (C=O) groups excluding carboxylic acids is 2. The molecule has 2 rings (SSSR count). The lowest BCUT2D eigenvalue weighted by molar-refractivity contribution is -0.115. The van der Waals surface area contributed by atoms with Crippen molar-refractivity contribution in [2.24, 2.45) is 5.10 Å². The van der Waals surface area contributed by atoms with Crippen LogP contribution < -0.4 is 20.2 Å². The highest BCUT2D eigenvalue weighted by molar-refractivity contribution is 6.06. The molecule has 0 aliphatic carbocycles. The van der Waals surface area contributed by atoms with Crippen molar-refractivity contribution < 1.29 is 19.1 Å². The molecule has 142 valence electrons. The first-order valence-corrected chi connectivity index (χ1v) is 8.35. The normalized spacial score (nSPS) is 10.9. The summed E-state index contributed by atoms with van der Waals surface area (Å²) in [5.41, 5.74) is 4.96. The SMILES string of the molecule is COc1ccc(C(=O)N/N=C(\C)CC(=O)Nc2ccccc2C)c(OC)c1. The van der Waals surface area contributed by atoms with E-state index in [2.05, 4.69) is 15.8 Å². The van der Waals surface area contributed by atoms with Gasteiger partial charge in [-0.05, 0) is 37.6 Å². The number of rotatable bonds is 7. The molecule has 0 heterocycles. The summed E-state index contributed by atoms with van der Waals surface area (Å²) in [7, 11) is 3.00. The van der Waals surface area contributed by atoms with E-state index in [4.69, 9.17) is 9.47 Å². The molecule has 0 saturated heterocycles. The monoisotopic (exact) mass is 369 g/mol. The van der Waals surface area contributed by atoms with Crippen molar-refractivity contribution in [3.63, 3.8) is 0 Å². The molecule has 0 unspecified atom stereocenters. The molecule has 2 N–H and O–H groups in total. The molecule has 2 aromatic carbocycles. The maximum atomic E-state index is 12.3. The third kappa shape index (κ3) is 5.57. The van der Waals surface area contributed by atoms with E-state index in [1.807, 2.05) is 31.2 Å². The molecule has 2 amide bonds. The van der Waals surface area contributed by atoms with Crippen LogP contribution in [0, 0.1) is 6.92 Å². The number of hydrazone groups is 1. The van der Waals surface area contributed by atoms with E-state index >= 15 is 0 Å². The zero-order chi connectivity index (χ0) is 19.8. The van der Waals surface area contributed by atoms with Crippen molar-refractivity contribution in [2.75, 3.05) is 19.5 Å². The van der Waals surface area contributed by atoms with Gasteiger partial charge >= 0.3 is 0 Å². The number of methoxy groups -OCH3 is 2. The Hall–Kier alpha value is -3.35. The van der Waals surface area contributed by atoms with Crippen LogP contribution in [-0.4, -0.2) is 31.7 Å². The molecule has 0 saturated carbocycles. The van der Waals surface area contributed by atoms with E-state index in [1.165, 1.54) is 14.2 Å². The quantitative estimate of drug-likeness (QED) is 0.580. The second-order valence-electron chi connectivity index (χ2n) is 5.89. The Labute approximate surface area is 158 Å². The average molecular weight is 369 g/mol. The lowest BCUT2D eigenvalue weighted by atomic mass is 10.2. The zero-order valence-corrected chi connectivity index (χ0v) is 15.8. The van der Waals surface area contributed by atoms with Gasteiger partial charge in [-0.2, -0.15) is 5.10 Å². The van der Waals surface area contributed by atoms with Crippen LogP contribution in [0.1, 0.15) is 29.3 Å². The van der Waals surface area contributed by atoms with E-state index in [9.17, 15) is 9.59 Å². The number of ether oxygens (including phenoxy) is 2. The topological polar surface area (TPSA) is 89.0 Å².